The molecule has 0 aliphatic heterocycles. The lowest BCUT2D eigenvalue weighted by Gasteiger charge is -2.32. The maximum atomic E-state index is 9.69. The number of aliphatic hydroxyl groups excluding tert-OH is 1. The predicted molar refractivity (Wildman–Crippen MR) is 78.2 cm³/mol. The van der Waals surface area contributed by atoms with E-state index >= 15 is 0 Å². The molecule has 0 aromatic carbocycles. The molecule has 1 heterocycles. The second kappa shape index (κ2) is 5.32. The first-order chi connectivity index (χ1) is 9.01. The smallest absolute Gasteiger partial charge is 0.136 e. The number of hydrogen-bond donors (Lipinski definition) is 1. The van der Waals surface area contributed by atoms with Crippen molar-refractivity contribution in [2.75, 3.05) is 20.7 Å². The van der Waals surface area contributed by atoms with E-state index in [9.17, 15) is 10.4 Å². The molecule has 1 N–H and O–H groups in total. The third-order valence-electron chi connectivity index (χ3n) is 3.57. The van der Waals surface area contributed by atoms with Crippen LogP contribution in [-0.4, -0.2) is 37.0 Å². The summed E-state index contributed by atoms with van der Waals surface area (Å²) in [6, 6.07) is 2.28. The van der Waals surface area contributed by atoms with E-state index in [1.165, 1.54) is 4.88 Å². The molecule has 5 heteroatoms. The number of hydrogen-bond acceptors (Lipinski definition) is 4. The summed E-state index contributed by atoms with van der Waals surface area (Å²) >= 11 is 1.59. The van der Waals surface area contributed by atoms with Gasteiger partial charge in [-0.3, -0.25) is 0 Å². The lowest BCUT2D eigenvalue weighted by molar-refractivity contribution is 0.189. The number of fused-ring (bicyclic) bond motifs is 1. The molecule has 0 fully saturated rings. The molecule has 0 bridgehead atoms. The minimum atomic E-state index is -0.291. The summed E-state index contributed by atoms with van der Waals surface area (Å²) in [7, 11) is 3.81. The molecule has 0 saturated carbocycles. The zero-order valence-corrected chi connectivity index (χ0v) is 12.4. The standard InChI is InChI=1S/C14H19N3OS/c1-14(8-18)6-4-5-11-12(14)10(7-15)13(19-11)16-9-17(2)3/h9,18H,4-6,8H2,1-3H3/b16-9+. The van der Waals surface area contributed by atoms with E-state index in [1.807, 2.05) is 25.9 Å². The van der Waals surface area contributed by atoms with Crippen molar-refractivity contribution in [3.05, 3.63) is 16.0 Å². The highest BCUT2D eigenvalue weighted by molar-refractivity contribution is 7.16. The monoisotopic (exact) mass is 277 g/mol. The van der Waals surface area contributed by atoms with E-state index in [4.69, 9.17) is 0 Å². The molecule has 19 heavy (non-hydrogen) atoms. The Balaban J connectivity index is 2.54. The van der Waals surface area contributed by atoms with Crippen LogP contribution in [0.2, 0.25) is 0 Å². The Morgan fingerprint density at radius 1 is 1.58 bits per heavy atom. The van der Waals surface area contributed by atoms with Crippen LogP contribution in [0.1, 0.15) is 35.8 Å². The van der Waals surface area contributed by atoms with Gasteiger partial charge in [0.25, 0.3) is 0 Å². The number of thiophene rings is 1. The first kappa shape index (κ1) is 14.0. The Labute approximate surface area is 118 Å². The number of nitriles is 1. The van der Waals surface area contributed by atoms with Gasteiger partial charge in [-0.15, -0.1) is 11.3 Å². The predicted octanol–water partition coefficient (Wildman–Crippen LogP) is 2.43. The minimum absolute atomic E-state index is 0.0856. The first-order valence-corrected chi connectivity index (χ1v) is 7.21. The molecule has 1 aromatic heterocycles. The second-order valence-electron chi connectivity index (χ2n) is 5.47. The number of aliphatic imine (C=N–C) groups is 1. The summed E-state index contributed by atoms with van der Waals surface area (Å²) in [6.07, 6.45) is 4.70. The molecule has 1 aliphatic carbocycles. The van der Waals surface area contributed by atoms with Gasteiger partial charge >= 0.3 is 0 Å². The molecule has 1 atom stereocenters. The summed E-state index contributed by atoms with van der Waals surface area (Å²) < 4.78 is 0. The third-order valence-corrected chi connectivity index (χ3v) is 4.72. The van der Waals surface area contributed by atoms with E-state index in [0.29, 0.717) is 5.56 Å². The molecule has 0 spiro atoms. The lowest BCUT2D eigenvalue weighted by Crippen LogP contribution is -2.31. The number of aryl methyl sites for hydroxylation is 1. The van der Waals surface area contributed by atoms with E-state index < -0.39 is 0 Å². The minimum Gasteiger partial charge on any atom is -0.395 e. The third kappa shape index (κ3) is 2.51. The summed E-state index contributed by atoms with van der Waals surface area (Å²) in [4.78, 5) is 7.46. The Bertz CT molecular complexity index is 542. The molecule has 0 saturated heterocycles. The fraction of sp³-hybridized carbons (Fsp3) is 0.571. The maximum absolute atomic E-state index is 9.69. The van der Waals surface area contributed by atoms with Crippen molar-refractivity contribution in [1.29, 1.82) is 5.26 Å². The molecule has 1 aromatic rings. The van der Waals surface area contributed by atoms with Crippen molar-refractivity contribution in [1.82, 2.24) is 4.90 Å². The highest BCUT2D eigenvalue weighted by Gasteiger charge is 2.36. The molecule has 4 nitrogen and oxygen atoms in total. The normalized spacial score (nSPS) is 22.3. The van der Waals surface area contributed by atoms with Crippen LogP contribution in [0.4, 0.5) is 5.00 Å². The van der Waals surface area contributed by atoms with E-state index in [0.717, 1.165) is 29.8 Å². The van der Waals surface area contributed by atoms with Gasteiger partial charge in [-0.25, -0.2) is 4.99 Å². The van der Waals surface area contributed by atoms with E-state index in [1.54, 1.807) is 17.7 Å². The average Bonchev–Trinajstić information content (AvgIpc) is 2.75. The zero-order valence-electron chi connectivity index (χ0n) is 11.6. The number of rotatable bonds is 3. The number of aliphatic hydroxyl groups is 1. The van der Waals surface area contributed by atoms with Gasteiger partial charge in [0.15, 0.2) is 0 Å². The van der Waals surface area contributed by atoms with Crippen molar-refractivity contribution >= 4 is 22.7 Å². The van der Waals surface area contributed by atoms with E-state index in [-0.39, 0.29) is 12.0 Å². The van der Waals surface area contributed by atoms with Crippen LogP contribution in [0, 0.1) is 11.3 Å². The molecule has 2 rings (SSSR count). The van der Waals surface area contributed by atoms with Crippen molar-refractivity contribution in [2.45, 2.75) is 31.6 Å². The summed E-state index contributed by atoms with van der Waals surface area (Å²) in [5.41, 5.74) is 1.38. The topological polar surface area (TPSA) is 59.6 Å². The van der Waals surface area contributed by atoms with Gasteiger partial charge in [0, 0.05) is 24.4 Å². The van der Waals surface area contributed by atoms with Gasteiger partial charge in [0.05, 0.1) is 18.5 Å². The molecule has 1 aliphatic rings. The van der Waals surface area contributed by atoms with Gasteiger partial charge in [0.1, 0.15) is 11.1 Å². The van der Waals surface area contributed by atoms with Gasteiger partial charge in [-0.05, 0) is 24.8 Å². The SMILES string of the molecule is CN(C)/C=N/c1sc2c(c1C#N)C(C)(CO)CCC2. The zero-order chi connectivity index (χ0) is 14.0. The first-order valence-electron chi connectivity index (χ1n) is 6.39. The van der Waals surface area contributed by atoms with Crippen LogP contribution >= 0.6 is 11.3 Å². The summed E-state index contributed by atoms with van der Waals surface area (Å²) in [6.45, 7) is 2.13. The molecule has 102 valence electrons. The second-order valence-corrected chi connectivity index (χ2v) is 6.56. The Morgan fingerprint density at radius 3 is 2.89 bits per heavy atom. The highest BCUT2D eigenvalue weighted by Crippen LogP contribution is 2.47. The van der Waals surface area contributed by atoms with Gasteiger partial charge in [0.2, 0.25) is 0 Å². The highest BCUT2D eigenvalue weighted by atomic mass is 32.1. The van der Waals surface area contributed by atoms with Crippen LogP contribution in [-0.2, 0) is 11.8 Å². The Hall–Kier alpha value is -1.38. The van der Waals surface area contributed by atoms with Crippen LogP contribution in [0.15, 0.2) is 4.99 Å². The Kier molecular flexibility index (Phi) is 3.93. The van der Waals surface area contributed by atoms with Gasteiger partial charge < -0.3 is 10.0 Å². The average molecular weight is 277 g/mol. The summed E-state index contributed by atoms with van der Waals surface area (Å²) in [5.74, 6) is 0. The molecular formula is C14H19N3OS. The quantitative estimate of drug-likeness (QED) is 0.682. The molecular weight excluding hydrogens is 258 g/mol. The van der Waals surface area contributed by atoms with Gasteiger partial charge in [-0.1, -0.05) is 6.92 Å². The van der Waals surface area contributed by atoms with Crippen LogP contribution < -0.4 is 0 Å². The molecule has 0 amide bonds. The van der Waals surface area contributed by atoms with Crippen molar-refractivity contribution in [3.8, 4) is 6.07 Å². The van der Waals surface area contributed by atoms with E-state index in [2.05, 4.69) is 11.1 Å². The largest absolute Gasteiger partial charge is 0.395 e. The van der Waals surface area contributed by atoms with Crippen molar-refractivity contribution in [2.24, 2.45) is 4.99 Å². The van der Waals surface area contributed by atoms with Crippen molar-refractivity contribution < 1.29 is 5.11 Å². The van der Waals surface area contributed by atoms with Gasteiger partial charge in [-0.2, -0.15) is 5.26 Å². The fourth-order valence-corrected chi connectivity index (χ4v) is 3.84. The lowest BCUT2D eigenvalue weighted by atomic mass is 9.73. The molecule has 0 radical (unpaired) electrons. The van der Waals surface area contributed by atoms with Crippen LogP contribution in [0.5, 0.6) is 0 Å². The maximum Gasteiger partial charge on any atom is 0.136 e. The summed E-state index contributed by atoms with van der Waals surface area (Å²) in [5, 5.41) is 19.9. The van der Waals surface area contributed by atoms with Crippen molar-refractivity contribution in [3.63, 3.8) is 0 Å². The number of nitrogens with zero attached hydrogens (tertiary/aromatic N) is 3. The Morgan fingerprint density at radius 2 is 2.32 bits per heavy atom. The van der Waals surface area contributed by atoms with Crippen LogP contribution in [0.25, 0.3) is 0 Å². The fourth-order valence-electron chi connectivity index (χ4n) is 2.56. The van der Waals surface area contributed by atoms with Crippen LogP contribution in [0.3, 0.4) is 0 Å². The molecule has 1 unspecified atom stereocenters.